The second-order valence-electron chi connectivity index (χ2n) is 3.65. The zero-order valence-electron chi connectivity index (χ0n) is 10.0. The Bertz CT molecular complexity index is 213. The minimum absolute atomic E-state index is 1.25. The molecule has 0 N–H and O–H groups in total. The van der Waals surface area contributed by atoms with E-state index in [1.54, 1.807) is 0 Å². The molecule has 0 aliphatic carbocycles. The van der Waals surface area contributed by atoms with Gasteiger partial charge in [-0.15, -0.1) is 13.2 Å². The first kappa shape index (κ1) is 14.0. The van der Waals surface area contributed by atoms with Crippen LogP contribution in [0.4, 0.5) is 0 Å². The minimum Gasteiger partial charge on any atom is -0.106 e. The Labute approximate surface area is 95.0 Å². The highest BCUT2D eigenvalue weighted by atomic mass is 14.0. The summed E-state index contributed by atoms with van der Waals surface area (Å²) in [7, 11) is 0. The van der Waals surface area contributed by atoms with E-state index in [1.807, 2.05) is 0 Å². The van der Waals surface area contributed by atoms with E-state index in [4.69, 9.17) is 0 Å². The molecule has 0 heteroatoms. The second kappa shape index (κ2) is 11.0. The van der Waals surface area contributed by atoms with E-state index in [9.17, 15) is 0 Å². The van der Waals surface area contributed by atoms with Crippen molar-refractivity contribution in [1.29, 1.82) is 0 Å². The molecule has 0 unspecified atom stereocenters. The van der Waals surface area contributed by atoms with Gasteiger partial charge >= 0.3 is 0 Å². The molecule has 0 amide bonds. The van der Waals surface area contributed by atoms with E-state index in [1.165, 1.54) is 44.1 Å². The van der Waals surface area contributed by atoms with Crippen molar-refractivity contribution in [3.63, 3.8) is 0 Å². The number of unbranched alkanes of at least 4 members (excludes halogenated alkanes) is 4. The van der Waals surface area contributed by atoms with Crippen molar-refractivity contribution in [3.05, 3.63) is 49.1 Å². The molecule has 0 aromatic heterocycles. The Morgan fingerprint density at radius 3 is 2.07 bits per heavy atom. The lowest BCUT2D eigenvalue weighted by Crippen LogP contribution is -1.84. The first-order chi connectivity index (χ1) is 7.43. The van der Waals surface area contributed by atoms with Crippen LogP contribution in [0.2, 0.25) is 0 Å². The van der Waals surface area contributed by atoms with Crippen LogP contribution in [0.25, 0.3) is 0 Å². The van der Waals surface area contributed by atoms with Crippen molar-refractivity contribution in [1.82, 2.24) is 0 Å². The van der Waals surface area contributed by atoms with Crippen molar-refractivity contribution in [3.8, 4) is 0 Å². The van der Waals surface area contributed by atoms with Gasteiger partial charge in [0.25, 0.3) is 0 Å². The number of aryl methyl sites for hydroxylation is 1. The molecule has 1 aromatic carbocycles. The predicted molar refractivity (Wildman–Crippen MR) is 70.2 cm³/mol. The summed E-state index contributed by atoms with van der Waals surface area (Å²) in [5, 5.41) is 0. The van der Waals surface area contributed by atoms with Crippen molar-refractivity contribution >= 4 is 0 Å². The third-order valence-corrected chi connectivity index (χ3v) is 2.41. The van der Waals surface area contributed by atoms with Gasteiger partial charge in [-0.2, -0.15) is 0 Å². The zero-order valence-corrected chi connectivity index (χ0v) is 10.0. The van der Waals surface area contributed by atoms with Crippen LogP contribution in [-0.4, -0.2) is 0 Å². The molecule has 84 valence electrons. The molecule has 15 heavy (non-hydrogen) atoms. The van der Waals surface area contributed by atoms with Crippen LogP contribution in [-0.2, 0) is 6.42 Å². The third kappa shape index (κ3) is 7.99. The molecule has 0 heterocycles. The summed E-state index contributed by atoms with van der Waals surface area (Å²) >= 11 is 0. The Balaban J connectivity index is 0.000000921. The van der Waals surface area contributed by atoms with Crippen LogP contribution >= 0.6 is 0 Å². The number of rotatable bonds is 6. The maximum Gasteiger partial charge on any atom is -0.0279 e. The first-order valence-electron chi connectivity index (χ1n) is 5.97. The summed E-state index contributed by atoms with van der Waals surface area (Å²) in [4.78, 5) is 0. The van der Waals surface area contributed by atoms with E-state index >= 15 is 0 Å². The lowest BCUT2D eigenvalue weighted by molar-refractivity contribution is 0.632. The molecule has 0 saturated heterocycles. The molecule has 0 aliphatic rings. The largest absolute Gasteiger partial charge is 0.106 e. The summed E-state index contributed by atoms with van der Waals surface area (Å²) < 4.78 is 0. The van der Waals surface area contributed by atoms with E-state index in [0.717, 1.165) is 0 Å². The van der Waals surface area contributed by atoms with Gasteiger partial charge in [0.1, 0.15) is 0 Å². The van der Waals surface area contributed by atoms with Gasteiger partial charge in [-0.25, -0.2) is 0 Å². The van der Waals surface area contributed by atoms with Crippen molar-refractivity contribution in [2.24, 2.45) is 0 Å². The average molecular weight is 204 g/mol. The summed E-state index contributed by atoms with van der Waals surface area (Å²) in [6, 6.07) is 10.8. The van der Waals surface area contributed by atoms with Gasteiger partial charge in [-0.05, 0) is 18.4 Å². The lowest BCUT2D eigenvalue weighted by atomic mass is 10.1. The molecule has 1 rings (SSSR count). The molecular weight excluding hydrogens is 180 g/mol. The molecule has 0 atom stereocenters. The third-order valence-electron chi connectivity index (χ3n) is 2.41. The molecular formula is C15H24. The van der Waals surface area contributed by atoms with Gasteiger partial charge in [-0.1, -0.05) is 62.9 Å². The van der Waals surface area contributed by atoms with Crippen LogP contribution in [0.1, 0.15) is 44.6 Å². The summed E-state index contributed by atoms with van der Waals surface area (Å²) in [6.07, 6.45) is 8.14. The van der Waals surface area contributed by atoms with E-state index < -0.39 is 0 Å². The monoisotopic (exact) mass is 204 g/mol. The zero-order chi connectivity index (χ0) is 11.4. The van der Waals surface area contributed by atoms with Crippen LogP contribution in [0.5, 0.6) is 0 Å². The first-order valence-corrected chi connectivity index (χ1v) is 5.97. The molecule has 1 aromatic rings. The van der Waals surface area contributed by atoms with E-state index in [-0.39, 0.29) is 0 Å². The Morgan fingerprint density at radius 1 is 0.867 bits per heavy atom. The highest BCUT2D eigenvalue weighted by molar-refractivity contribution is 5.14. The molecule has 0 saturated carbocycles. The van der Waals surface area contributed by atoms with E-state index in [0.29, 0.717) is 0 Å². The molecule has 0 fully saturated rings. The standard InChI is InChI=1S/C13H20.C2H4/c1-2-3-4-5-7-10-13-11-8-6-9-12-13;1-2/h6,8-9,11-12H,2-5,7,10H2,1H3;1-2H2. The Hall–Kier alpha value is -1.04. The van der Waals surface area contributed by atoms with E-state index in [2.05, 4.69) is 50.4 Å². The highest BCUT2D eigenvalue weighted by Crippen LogP contribution is 2.08. The summed E-state index contributed by atoms with van der Waals surface area (Å²) in [5.74, 6) is 0. The molecule has 0 aliphatic heterocycles. The van der Waals surface area contributed by atoms with Crippen molar-refractivity contribution < 1.29 is 0 Å². The molecule has 0 nitrogen and oxygen atoms in total. The van der Waals surface area contributed by atoms with Gasteiger partial charge in [0.05, 0.1) is 0 Å². The van der Waals surface area contributed by atoms with Gasteiger partial charge in [0.15, 0.2) is 0 Å². The Kier molecular flexibility index (Phi) is 10.3. The minimum atomic E-state index is 1.25. The van der Waals surface area contributed by atoms with Crippen LogP contribution in [0, 0.1) is 0 Å². The van der Waals surface area contributed by atoms with Gasteiger partial charge in [0, 0.05) is 0 Å². The average Bonchev–Trinajstić information content (AvgIpc) is 2.33. The lowest BCUT2D eigenvalue weighted by Gasteiger charge is -2.00. The second-order valence-corrected chi connectivity index (χ2v) is 3.65. The van der Waals surface area contributed by atoms with Crippen LogP contribution in [0.3, 0.4) is 0 Å². The van der Waals surface area contributed by atoms with Crippen molar-refractivity contribution in [2.45, 2.75) is 45.4 Å². The fourth-order valence-electron chi connectivity index (χ4n) is 1.58. The van der Waals surface area contributed by atoms with Gasteiger partial charge in [-0.3, -0.25) is 0 Å². The number of benzene rings is 1. The maximum absolute atomic E-state index is 3.00. The van der Waals surface area contributed by atoms with Crippen LogP contribution < -0.4 is 0 Å². The molecule has 0 bridgehead atoms. The number of hydrogen-bond acceptors (Lipinski definition) is 0. The summed E-state index contributed by atoms with van der Waals surface area (Å²) in [5.41, 5.74) is 1.49. The fraction of sp³-hybridized carbons (Fsp3) is 0.467. The number of hydrogen-bond donors (Lipinski definition) is 0. The SMILES string of the molecule is C=C.CCCCCCCc1ccccc1. The smallest absolute Gasteiger partial charge is 0.0279 e. The predicted octanol–water partition coefficient (Wildman–Crippen LogP) is 5.00. The quantitative estimate of drug-likeness (QED) is 0.452. The maximum atomic E-state index is 3.00. The molecule has 0 radical (unpaired) electrons. The topological polar surface area (TPSA) is 0 Å². The van der Waals surface area contributed by atoms with Gasteiger partial charge < -0.3 is 0 Å². The molecule has 0 spiro atoms. The van der Waals surface area contributed by atoms with Crippen molar-refractivity contribution in [2.75, 3.05) is 0 Å². The Morgan fingerprint density at radius 2 is 1.47 bits per heavy atom. The highest BCUT2D eigenvalue weighted by Gasteiger charge is 1.91. The fourth-order valence-corrected chi connectivity index (χ4v) is 1.58. The normalized spacial score (nSPS) is 9.13. The summed E-state index contributed by atoms with van der Waals surface area (Å²) in [6.45, 7) is 8.26. The van der Waals surface area contributed by atoms with Crippen LogP contribution in [0.15, 0.2) is 43.5 Å². The van der Waals surface area contributed by atoms with Gasteiger partial charge in [0.2, 0.25) is 0 Å².